The Kier molecular flexibility index (Phi) is 3.36. The van der Waals surface area contributed by atoms with E-state index in [-0.39, 0.29) is 12.5 Å². The summed E-state index contributed by atoms with van der Waals surface area (Å²) in [4.78, 5) is 10.2. The van der Waals surface area contributed by atoms with Gasteiger partial charge in [0.25, 0.3) is 0 Å². The van der Waals surface area contributed by atoms with Crippen molar-refractivity contribution in [2.45, 2.75) is 25.7 Å². The Balaban J connectivity index is 1.83. The molecular formula is C8H15NO2. The van der Waals surface area contributed by atoms with Gasteiger partial charge in [0, 0.05) is 6.61 Å². The van der Waals surface area contributed by atoms with Crippen LogP contribution >= 0.6 is 0 Å². The van der Waals surface area contributed by atoms with Crippen LogP contribution in [0.1, 0.15) is 25.7 Å². The summed E-state index contributed by atoms with van der Waals surface area (Å²) in [5.41, 5.74) is 4.89. The van der Waals surface area contributed by atoms with E-state index in [2.05, 4.69) is 0 Å². The fourth-order valence-corrected chi connectivity index (χ4v) is 1.20. The van der Waals surface area contributed by atoms with Crippen LogP contribution in [0.15, 0.2) is 0 Å². The zero-order valence-corrected chi connectivity index (χ0v) is 6.71. The third-order valence-electron chi connectivity index (χ3n) is 2.14. The zero-order chi connectivity index (χ0) is 8.10. The van der Waals surface area contributed by atoms with Gasteiger partial charge in [-0.2, -0.15) is 0 Å². The molecule has 0 unspecified atom stereocenters. The number of carbonyl (C=O) groups excluding carboxylic acids is 1. The van der Waals surface area contributed by atoms with Gasteiger partial charge in [-0.3, -0.25) is 4.79 Å². The third kappa shape index (κ3) is 3.37. The lowest BCUT2D eigenvalue weighted by Gasteiger charge is -2.24. The number of nitrogens with two attached hydrogens (primary N) is 1. The highest BCUT2D eigenvalue weighted by Crippen LogP contribution is 2.28. The van der Waals surface area contributed by atoms with Crippen LogP contribution in [0.3, 0.4) is 0 Å². The van der Waals surface area contributed by atoms with Crippen LogP contribution in [0.2, 0.25) is 0 Å². The smallest absolute Gasteiger partial charge is 0.243 e. The maximum absolute atomic E-state index is 10.2. The van der Waals surface area contributed by atoms with Gasteiger partial charge < -0.3 is 10.5 Å². The quantitative estimate of drug-likeness (QED) is 0.596. The number of ether oxygens (including phenoxy) is 1. The maximum Gasteiger partial charge on any atom is 0.243 e. The van der Waals surface area contributed by atoms with E-state index in [9.17, 15) is 4.79 Å². The van der Waals surface area contributed by atoms with Crippen molar-refractivity contribution in [3.8, 4) is 0 Å². The molecule has 0 spiro atoms. The van der Waals surface area contributed by atoms with E-state index in [1.54, 1.807) is 0 Å². The van der Waals surface area contributed by atoms with E-state index in [0.29, 0.717) is 6.61 Å². The summed E-state index contributed by atoms with van der Waals surface area (Å²) < 4.78 is 5.03. The summed E-state index contributed by atoms with van der Waals surface area (Å²) in [6.07, 6.45) is 5.12. The maximum atomic E-state index is 10.2. The van der Waals surface area contributed by atoms with Crippen molar-refractivity contribution < 1.29 is 9.53 Å². The molecule has 0 atom stereocenters. The molecule has 0 aromatic carbocycles. The van der Waals surface area contributed by atoms with Gasteiger partial charge in [0.05, 0.1) is 0 Å². The summed E-state index contributed by atoms with van der Waals surface area (Å²) in [5, 5.41) is 0. The molecule has 1 aliphatic carbocycles. The molecule has 2 N–H and O–H groups in total. The van der Waals surface area contributed by atoms with Crippen LogP contribution < -0.4 is 5.73 Å². The number of carbonyl (C=O) groups is 1. The first kappa shape index (κ1) is 8.53. The normalized spacial score (nSPS) is 17.8. The predicted molar refractivity (Wildman–Crippen MR) is 42.0 cm³/mol. The van der Waals surface area contributed by atoms with E-state index in [0.717, 1.165) is 12.3 Å². The zero-order valence-electron chi connectivity index (χ0n) is 6.71. The molecule has 1 fully saturated rings. The summed E-state index contributed by atoms with van der Waals surface area (Å²) in [6, 6.07) is 0. The third-order valence-corrected chi connectivity index (χ3v) is 2.14. The molecule has 0 aromatic rings. The monoisotopic (exact) mass is 157 g/mol. The lowest BCUT2D eigenvalue weighted by Crippen LogP contribution is -2.20. The largest absolute Gasteiger partial charge is 0.372 e. The second-order valence-corrected chi connectivity index (χ2v) is 3.10. The van der Waals surface area contributed by atoms with Gasteiger partial charge >= 0.3 is 0 Å². The van der Waals surface area contributed by atoms with Crippen LogP contribution in [0.25, 0.3) is 0 Å². The summed E-state index contributed by atoms with van der Waals surface area (Å²) in [7, 11) is 0. The van der Waals surface area contributed by atoms with Crippen molar-refractivity contribution in [1.29, 1.82) is 0 Å². The molecule has 1 amide bonds. The highest BCUT2D eigenvalue weighted by Gasteiger charge is 2.16. The highest BCUT2D eigenvalue weighted by molar-refractivity contribution is 5.74. The van der Waals surface area contributed by atoms with E-state index in [1.807, 2.05) is 0 Å². The molecule has 0 aliphatic heterocycles. The number of hydrogen-bond donors (Lipinski definition) is 1. The molecule has 0 radical (unpaired) electrons. The minimum atomic E-state index is -0.376. The molecule has 3 heteroatoms. The van der Waals surface area contributed by atoms with Crippen molar-refractivity contribution in [3.63, 3.8) is 0 Å². The van der Waals surface area contributed by atoms with Crippen LogP contribution in [-0.4, -0.2) is 19.1 Å². The second kappa shape index (κ2) is 4.34. The summed E-state index contributed by atoms with van der Waals surface area (Å²) in [5.74, 6) is 0.474. The predicted octanol–water partition coefficient (Wildman–Crippen LogP) is 0.678. The molecule has 11 heavy (non-hydrogen) atoms. The SMILES string of the molecule is NC(=O)COCCC1CCC1. The van der Waals surface area contributed by atoms with E-state index in [4.69, 9.17) is 10.5 Å². The Morgan fingerprint density at radius 2 is 2.27 bits per heavy atom. The van der Waals surface area contributed by atoms with Gasteiger partial charge in [0.1, 0.15) is 6.61 Å². The average Bonchev–Trinajstić information content (AvgIpc) is 1.82. The van der Waals surface area contributed by atoms with Crippen molar-refractivity contribution in [1.82, 2.24) is 0 Å². The van der Waals surface area contributed by atoms with Crippen LogP contribution in [-0.2, 0) is 9.53 Å². The molecule has 1 saturated carbocycles. The Hall–Kier alpha value is -0.570. The minimum absolute atomic E-state index is 0.0761. The number of hydrogen-bond acceptors (Lipinski definition) is 2. The first-order chi connectivity index (χ1) is 5.29. The molecule has 0 saturated heterocycles. The van der Waals surface area contributed by atoms with E-state index >= 15 is 0 Å². The van der Waals surface area contributed by atoms with Crippen molar-refractivity contribution >= 4 is 5.91 Å². The van der Waals surface area contributed by atoms with E-state index in [1.165, 1.54) is 19.3 Å². The standard InChI is InChI=1S/C8H15NO2/c9-8(10)6-11-5-4-7-2-1-3-7/h7H,1-6H2,(H2,9,10). The summed E-state index contributed by atoms with van der Waals surface area (Å²) >= 11 is 0. The van der Waals surface area contributed by atoms with Crippen molar-refractivity contribution in [2.24, 2.45) is 11.7 Å². The molecule has 0 heterocycles. The van der Waals surface area contributed by atoms with Gasteiger partial charge in [-0.1, -0.05) is 19.3 Å². The number of primary amides is 1. The average molecular weight is 157 g/mol. The van der Waals surface area contributed by atoms with Crippen molar-refractivity contribution in [2.75, 3.05) is 13.2 Å². The number of amides is 1. The Morgan fingerprint density at radius 1 is 1.55 bits per heavy atom. The Bertz CT molecular complexity index is 132. The van der Waals surface area contributed by atoms with Gasteiger partial charge in [-0.15, -0.1) is 0 Å². The number of rotatable bonds is 5. The Labute approximate surface area is 66.9 Å². The molecule has 1 aliphatic rings. The molecule has 3 nitrogen and oxygen atoms in total. The van der Waals surface area contributed by atoms with E-state index < -0.39 is 0 Å². The minimum Gasteiger partial charge on any atom is -0.372 e. The summed E-state index contributed by atoms with van der Waals surface area (Å²) in [6.45, 7) is 0.764. The van der Waals surface area contributed by atoms with Crippen LogP contribution in [0, 0.1) is 5.92 Å². The topological polar surface area (TPSA) is 52.3 Å². The molecular weight excluding hydrogens is 142 g/mol. The first-order valence-corrected chi connectivity index (χ1v) is 4.15. The fraction of sp³-hybridized carbons (Fsp3) is 0.875. The fourth-order valence-electron chi connectivity index (χ4n) is 1.20. The molecule has 0 aromatic heterocycles. The first-order valence-electron chi connectivity index (χ1n) is 4.15. The van der Waals surface area contributed by atoms with Crippen LogP contribution in [0.4, 0.5) is 0 Å². The molecule has 0 bridgehead atoms. The Morgan fingerprint density at radius 3 is 2.73 bits per heavy atom. The van der Waals surface area contributed by atoms with Crippen molar-refractivity contribution in [3.05, 3.63) is 0 Å². The molecule has 64 valence electrons. The highest BCUT2D eigenvalue weighted by atomic mass is 16.5. The van der Waals surface area contributed by atoms with Gasteiger partial charge in [0.2, 0.25) is 5.91 Å². The lowest BCUT2D eigenvalue weighted by molar-refractivity contribution is -0.122. The van der Waals surface area contributed by atoms with Gasteiger partial charge in [-0.05, 0) is 12.3 Å². The lowest BCUT2D eigenvalue weighted by atomic mass is 9.83. The van der Waals surface area contributed by atoms with Gasteiger partial charge in [-0.25, -0.2) is 0 Å². The van der Waals surface area contributed by atoms with Gasteiger partial charge in [0.15, 0.2) is 0 Å². The molecule has 1 rings (SSSR count). The van der Waals surface area contributed by atoms with Crippen LogP contribution in [0.5, 0.6) is 0 Å². The second-order valence-electron chi connectivity index (χ2n) is 3.10.